The summed E-state index contributed by atoms with van der Waals surface area (Å²) in [6.07, 6.45) is -3.19. The van der Waals surface area contributed by atoms with Crippen LogP contribution in [0.4, 0.5) is 13.2 Å². The predicted octanol–water partition coefficient (Wildman–Crippen LogP) is 3.17. The lowest BCUT2D eigenvalue weighted by atomic mass is 10.0. The Kier molecular flexibility index (Phi) is 7.28. The molecule has 0 amide bonds. The summed E-state index contributed by atoms with van der Waals surface area (Å²) < 4.78 is 42.6. The number of fused-ring (bicyclic) bond motifs is 1. The molecule has 1 aliphatic heterocycles. The zero-order valence-corrected chi connectivity index (χ0v) is 18.2. The second-order valence-corrected chi connectivity index (χ2v) is 7.61. The van der Waals surface area contributed by atoms with Gasteiger partial charge in [-0.15, -0.1) is 17.5 Å². The molecule has 0 unspecified atom stereocenters. The Labute approximate surface area is 193 Å². The summed E-state index contributed by atoms with van der Waals surface area (Å²) in [5.74, 6) is -2.29. The molecule has 1 aliphatic rings. The molecule has 7 nitrogen and oxygen atoms in total. The van der Waals surface area contributed by atoms with Gasteiger partial charge in [0.1, 0.15) is 0 Å². The Hall–Kier alpha value is -3.11. The fourth-order valence-corrected chi connectivity index (χ4v) is 3.81. The monoisotopic (exact) mass is 482 g/mol. The second-order valence-electron chi connectivity index (χ2n) is 7.61. The molecule has 3 aromatic rings. The number of alkyl halides is 3. The van der Waals surface area contributed by atoms with Crippen molar-refractivity contribution in [1.29, 1.82) is 0 Å². The standard InChI is InChI=1S/C22H21F3N4O3.ClH/c23-22(24,25)20-27-29(18-7-4-15-9-11-26-12-10-16(15)13-18)21(32)28(20)17-5-1-14(2-6-17)3-8-19(30)31;/h1-2,4-7,13,26H,3,8-12H2,(H,30,31);1H. The molecule has 4 rings (SSSR count). The molecule has 0 saturated carbocycles. The highest BCUT2D eigenvalue weighted by atomic mass is 35.5. The van der Waals surface area contributed by atoms with E-state index < -0.39 is 23.7 Å². The number of benzene rings is 2. The minimum atomic E-state index is -4.85. The van der Waals surface area contributed by atoms with E-state index in [4.69, 9.17) is 5.11 Å². The van der Waals surface area contributed by atoms with Gasteiger partial charge in [0.15, 0.2) is 0 Å². The fourth-order valence-electron chi connectivity index (χ4n) is 3.81. The molecular weight excluding hydrogens is 461 g/mol. The van der Waals surface area contributed by atoms with Gasteiger partial charge in [0, 0.05) is 6.42 Å². The summed E-state index contributed by atoms with van der Waals surface area (Å²) in [5, 5.41) is 15.7. The van der Waals surface area contributed by atoms with Crippen molar-refractivity contribution < 1.29 is 23.1 Å². The van der Waals surface area contributed by atoms with Crippen LogP contribution in [-0.2, 0) is 30.2 Å². The first-order valence-corrected chi connectivity index (χ1v) is 10.2. The van der Waals surface area contributed by atoms with Crippen molar-refractivity contribution in [2.45, 2.75) is 31.9 Å². The van der Waals surface area contributed by atoms with Crippen LogP contribution in [0.3, 0.4) is 0 Å². The SMILES string of the molecule is Cl.O=C(O)CCc1ccc(-n2c(C(F)(F)F)nn(-c3ccc4c(c3)CCNCC4)c2=O)cc1. The van der Waals surface area contributed by atoms with Crippen LogP contribution in [0.25, 0.3) is 11.4 Å². The average Bonchev–Trinajstić information content (AvgIpc) is 2.94. The number of halogens is 4. The largest absolute Gasteiger partial charge is 0.481 e. The maximum atomic E-state index is 13.7. The molecule has 0 fully saturated rings. The Bertz CT molecular complexity index is 1200. The van der Waals surface area contributed by atoms with E-state index in [0.29, 0.717) is 16.6 Å². The summed E-state index contributed by atoms with van der Waals surface area (Å²) in [6.45, 7) is 1.57. The number of hydrogen-bond donors (Lipinski definition) is 2. The number of aryl methyl sites for hydroxylation is 1. The molecule has 0 aliphatic carbocycles. The molecular formula is C22H22ClF3N4O3. The van der Waals surface area contributed by atoms with Crippen molar-refractivity contribution in [1.82, 2.24) is 19.7 Å². The number of carboxylic acids is 1. The van der Waals surface area contributed by atoms with Crippen molar-refractivity contribution in [2.24, 2.45) is 0 Å². The van der Waals surface area contributed by atoms with Crippen LogP contribution < -0.4 is 11.0 Å². The lowest BCUT2D eigenvalue weighted by Crippen LogP contribution is -2.25. The summed E-state index contributed by atoms with van der Waals surface area (Å²) in [5.41, 5.74) is 2.07. The smallest absolute Gasteiger partial charge is 0.452 e. The third kappa shape index (κ3) is 5.28. The van der Waals surface area contributed by atoms with Gasteiger partial charge >= 0.3 is 17.8 Å². The molecule has 0 spiro atoms. The Morgan fingerprint density at radius 2 is 1.67 bits per heavy atom. The summed E-state index contributed by atoms with van der Waals surface area (Å²) in [4.78, 5) is 23.8. The number of rotatable bonds is 5. The van der Waals surface area contributed by atoms with E-state index in [2.05, 4.69) is 10.4 Å². The lowest BCUT2D eigenvalue weighted by Gasteiger charge is -2.08. The van der Waals surface area contributed by atoms with E-state index in [1.54, 1.807) is 12.1 Å². The summed E-state index contributed by atoms with van der Waals surface area (Å²) in [6, 6.07) is 10.9. The molecule has 1 aromatic heterocycles. The minimum absolute atomic E-state index is 0. The van der Waals surface area contributed by atoms with E-state index in [-0.39, 0.29) is 36.6 Å². The molecule has 2 N–H and O–H groups in total. The number of nitrogens with zero attached hydrogens (tertiary/aromatic N) is 3. The van der Waals surface area contributed by atoms with Crippen LogP contribution in [0.15, 0.2) is 47.3 Å². The van der Waals surface area contributed by atoms with Gasteiger partial charge in [0.25, 0.3) is 0 Å². The van der Waals surface area contributed by atoms with E-state index in [1.807, 2.05) is 6.07 Å². The summed E-state index contributed by atoms with van der Waals surface area (Å²) in [7, 11) is 0. The van der Waals surface area contributed by atoms with Gasteiger partial charge in [0.05, 0.1) is 11.4 Å². The number of carboxylic acid groups (broad SMARTS) is 1. The normalized spacial score (nSPS) is 13.7. The van der Waals surface area contributed by atoms with Crippen molar-refractivity contribution in [3.8, 4) is 11.4 Å². The number of aliphatic carboxylic acids is 1. The lowest BCUT2D eigenvalue weighted by molar-refractivity contribution is -0.146. The molecule has 0 bridgehead atoms. The molecule has 0 saturated heterocycles. The minimum Gasteiger partial charge on any atom is -0.481 e. The molecule has 2 aromatic carbocycles. The fraction of sp³-hybridized carbons (Fsp3) is 0.318. The van der Waals surface area contributed by atoms with Crippen molar-refractivity contribution in [2.75, 3.05) is 13.1 Å². The zero-order valence-electron chi connectivity index (χ0n) is 17.4. The van der Waals surface area contributed by atoms with Gasteiger partial charge in [0.2, 0.25) is 5.82 Å². The third-order valence-corrected chi connectivity index (χ3v) is 5.43. The Balaban J connectivity index is 0.00000306. The molecule has 0 atom stereocenters. The van der Waals surface area contributed by atoms with Gasteiger partial charge in [-0.1, -0.05) is 18.2 Å². The molecule has 33 heavy (non-hydrogen) atoms. The van der Waals surface area contributed by atoms with Crippen molar-refractivity contribution in [3.05, 3.63) is 75.5 Å². The summed E-state index contributed by atoms with van der Waals surface area (Å²) >= 11 is 0. The Morgan fingerprint density at radius 3 is 2.30 bits per heavy atom. The van der Waals surface area contributed by atoms with Crippen LogP contribution in [0, 0.1) is 0 Å². The third-order valence-electron chi connectivity index (χ3n) is 5.43. The van der Waals surface area contributed by atoms with Gasteiger partial charge in [-0.2, -0.15) is 17.9 Å². The molecule has 176 valence electrons. The highest BCUT2D eigenvalue weighted by Gasteiger charge is 2.39. The van der Waals surface area contributed by atoms with Crippen LogP contribution >= 0.6 is 12.4 Å². The first-order valence-electron chi connectivity index (χ1n) is 10.2. The quantitative estimate of drug-likeness (QED) is 0.583. The van der Waals surface area contributed by atoms with Crippen LogP contribution in [-0.4, -0.2) is 38.5 Å². The van der Waals surface area contributed by atoms with Crippen molar-refractivity contribution in [3.63, 3.8) is 0 Å². The number of aromatic nitrogens is 3. The maximum Gasteiger partial charge on any atom is 0.452 e. The molecule has 11 heteroatoms. The van der Waals surface area contributed by atoms with Gasteiger partial charge in [-0.25, -0.2) is 9.36 Å². The topological polar surface area (TPSA) is 89.2 Å². The maximum absolute atomic E-state index is 13.7. The zero-order chi connectivity index (χ0) is 22.9. The van der Waals surface area contributed by atoms with Gasteiger partial charge in [-0.05, 0) is 73.3 Å². The van der Waals surface area contributed by atoms with Crippen LogP contribution in [0.1, 0.15) is 28.9 Å². The van der Waals surface area contributed by atoms with E-state index in [0.717, 1.165) is 35.3 Å². The van der Waals surface area contributed by atoms with Crippen LogP contribution in [0.2, 0.25) is 0 Å². The van der Waals surface area contributed by atoms with Gasteiger partial charge < -0.3 is 10.4 Å². The predicted molar refractivity (Wildman–Crippen MR) is 118 cm³/mol. The van der Waals surface area contributed by atoms with Crippen LogP contribution in [0.5, 0.6) is 0 Å². The molecule has 0 radical (unpaired) electrons. The van der Waals surface area contributed by atoms with Gasteiger partial charge in [-0.3, -0.25) is 4.79 Å². The first-order chi connectivity index (χ1) is 15.2. The highest BCUT2D eigenvalue weighted by molar-refractivity contribution is 5.85. The first kappa shape index (κ1) is 24.5. The highest BCUT2D eigenvalue weighted by Crippen LogP contribution is 2.29. The second kappa shape index (κ2) is 9.80. The van der Waals surface area contributed by atoms with E-state index in [1.165, 1.54) is 24.3 Å². The number of nitrogens with one attached hydrogen (secondary N) is 1. The molecule has 2 heterocycles. The Morgan fingerprint density at radius 1 is 1.03 bits per heavy atom. The van der Waals surface area contributed by atoms with Crippen molar-refractivity contribution >= 4 is 18.4 Å². The number of hydrogen-bond acceptors (Lipinski definition) is 4. The van der Waals surface area contributed by atoms with E-state index in [9.17, 15) is 22.8 Å². The average molecular weight is 483 g/mol. The number of carbonyl (C=O) groups is 1. The van der Waals surface area contributed by atoms with E-state index >= 15 is 0 Å².